The number of hydrogen-bond donors (Lipinski definition) is 0. The lowest BCUT2D eigenvalue weighted by Crippen LogP contribution is -2.52. The molecule has 1 aromatic heterocycles. The molecule has 7 nitrogen and oxygen atoms in total. The van der Waals surface area contributed by atoms with E-state index in [-0.39, 0.29) is 29.3 Å². The minimum Gasteiger partial charge on any atom is -0.378 e. The molecule has 2 aliphatic rings. The molecule has 2 aromatic carbocycles. The minimum absolute atomic E-state index is 0.00234. The molecule has 2 saturated heterocycles. The summed E-state index contributed by atoms with van der Waals surface area (Å²) in [4.78, 5) is 21.4. The number of aromatic nitrogens is 2. The Labute approximate surface area is 202 Å². The van der Waals surface area contributed by atoms with Crippen molar-refractivity contribution in [2.24, 2.45) is 0 Å². The van der Waals surface area contributed by atoms with Gasteiger partial charge in [0.1, 0.15) is 11.6 Å². The number of hydrogen-bond acceptors (Lipinski definition) is 5. The largest absolute Gasteiger partial charge is 0.378 e. The fourth-order valence-electron chi connectivity index (χ4n) is 4.84. The van der Waals surface area contributed by atoms with Crippen LogP contribution >= 0.6 is 0 Å². The summed E-state index contributed by atoms with van der Waals surface area (Å²) < 4.78 is 38.9. The minimum atomic E-state index is -0.625. The monoisotopic (exact) mass is 482 g/mol. The van der Waals surface area contributed by atoms with E-state index in [1.54, 1.807) is 0 Å². The molecule has 35 heavy (non-hydrogen) atoms. The highest BCUT2D eigenvalue weighted by Crippen LogP contribution is 2.36. The molecule has 2 unspecified atom stereocenters. The van der Waals surface area contributed by atoms with Crippen LogP contribution in [-0.2, 0) is 11.2 Å². The fraction of sp³-hybridized carbons (Fsp3) is 0.423. The summed E-state index contributed by atoms with van der Waals surface area (Å²) in [7, 11) is 0. The van der Waals surface area contributed by atoms with Crippen molar-refractivity contribution < 1.29 is 22.8 Å². The molecule has 0 spiro atoms. The molecule has 0 radical (unpaired) electrons. The number of aryl methyl sites for hydroxylation is 1. The van der Waals surface area contributed by atoms with Gasteiger partial charge in [0, 0.05) is 32.1 Å². The first kappa shape index (κ1) is 23.4. The molecular formula is C26H28F2N4O3. The number of benzene rings is 2. The Kier molecular flexibility index (Phi) is 6.77. The Hall–Kier alpha value is -3.33. The molecule has 5 rings (SSSR count). The van der Waals surface area contributed by atoms with Gasteiger partial charge in [-0.3, -0.25) is 0 Å². The van der Waals surface area contributed by atoms with Crippen LogP contribution in [0.1, 0.15) is 42.2 Å². The van der Waals surface area contributed by atoms with Crippen LogP contribution in [0.4, 0.5) is 13.6 Å². The van der Waals surface area contributed by atoms with Crippen molar-refractivity contribution in [1.82, 2.24) is 19.9 Å². The summed E-state index contributed by atoms with van der Waals surface area (Å²) >= 11 is 0. The summed E-state index contributed by atoms with van der Waals surface area (Å²) in [5.74, 6) is -1.05. The van der Waals surface area contributed by atoms with Crippen molar-refractivity contribution in [3.63, 3.8) is 0 Å². The van der Waals surface area contributed by atoms with Gasteiger partial charge in [-0.1, -0.05) is 36.3 Å². The molecule has 184 valence electrons. The number of carbonyl (C=O) groups is 1. The summed E-state index contributed by atoms with van der Waals surface area (Å²) in [6.45, 7) is 5.26. The molecule has 2 atom stereocenters. The number of carbonyl (C=O) groups excluding carboxylic acids is 1. The Morgan fingerprint density at radius 2 is 1.77 bits per heavy atom. The number of rotatable bonds is 4. The Morgan fingerprint density at radius 3 is 2.51 bits per heavy atom. The highest BCUT2D eigenvalue weighted by atomic mass is 19.1. The zero-order chi connectivity index (χ0) is 24.4. The van der Waals surface area contributed by atoms with E-state index < -0.39 is 11.6 Å². The second-order valence-corrected chi connectivity index (χ2v) is 9.09. The highest BCUT2D eigenvalue weighted by molar-refractivity contribution is 5.75. The van der Waals surface area contributed by atoms with E-state index in [0.29, 0.717) is 51.7 Å². The number of morpholine rings is 1. The van der Waals surface area contributed by atoms with Crippen LogP contribution in [0.25, 0.3) is 11.4 Å². The van der Waals surface area contributed by atoms with Gasteiger partial charge in [0.2, 0.25) is 11.7 Å². The smallest absolute Gasteiger partial charge is 0.320 e. The van der Waals surface area contributed by atoms with E-state index in [9.17, 15) is 13.6 Å². The molecule has 9 heteroatoms. The maximum atomic E-state index is 14.3. The number of likely N-dealkylation sites (tertiary alicyclic amines) is 1. The van der Waals surface area contributed by atoms with Gasteiger partial charge in [-0.2, -0.15) is 4.98 Å². The van der Waals surface area contributed by atoms with Gasteiger partial charge >= 0.3 is 6.03 Å². The van der Waals surface area contributed by atoms with Crippen molar-refractivity contribution in [2.45, 2.75) is 31.6 Å². The molecule has 2 fully saturated rings. The average Bonchev–Trinajstić information content (AvgIpc) is 3.40. The Morgan fingerprint density at radius 1 is 1.03 bits per heavy atom. The predicted octanol–water partition coefficient (Wildman–Crippen LogP) is 4.60. The third kappa shape index (κ3) is 5.05. The van der Waals surface area contributed by atoms with Gasteiger partial charge in [0.05, 0.1) is 24.7 Å². The van der Waals surface area contributed by atoms with E-state index in [4.69, 9.17) is 9.26 Å². The third-order valence-corrected chi connectivity index (χ3v) is 6.82. The van der Waals surface area contributed by atoms with Crippen molar-refractivity contribution in [3.05, 3.63) is 71.1 Å². The van der Waals surface area contributed by atoms with Gasteiger partial charge in [-0.25, -0.2) is 13.6 Å². The Balaban J connectivity index is 1.43. The number of halogens is 2. The number of urea groups is 1. The lowest BCUT2D eigenvalue weighted by molar-refractivity contribution is 0.0392. The Bertz CT molecular complexity index is 1180. The SMILES string of the molecule is CCc1ccc(C2CC(c3nc(-c4cc(F)ccc4F)no3)CN(C(=O)N3CCOCC3)C2)cc1. The van der Waals surface area contributed by atoms with Gasteiger partial charge in [-0.05, 0) is 42.2 Å². The van der Waals surface area contributed by atoms with Crippen LogP contribution in [0, 0.1) is 11.6 Å². The van der Waals surface area contributed by atoms with Gasteiger partial charge in [0.25, 0.3) is 0 Å². The normalized spacial score (nSPS) is 20.8. The maximum Gasteiger partial charge on any atom is 0.320 e. The lowest BCUT2D eigenvalue weighted by Gasteiger charge is -2.40. The van der Waals surface area contributed by atoms with E-state index in [0.717, 1.165) is 30.2 Å². The zero-order valence-corrected chi connectivity index (χ0v) is 19.6. The van der Waals surface area contributed by atoms with Gasteiger partial charge in [0.15, 0.2) is 0 Å². The average molecular weight is 483 g/mol. The first-order chi connectivity index (χ1) is 17.0. The quantitative estimate of drug-likeness (QED) is 0.544. The van der Waals surface area contributed by atoms with E-state index >= 15 is 0 Å². The van der Waals surface area contributed by atoms with Gasteiger partial charge < -0.3 is 19.1 Å². The fourth-order valence-corrected chi connectivity index (χ4v) is 4.84. The number of amides is 2. The molecule has 2 aliphatic heterocycles. The van der Waals surface area contributed by atoms with Gasteiger partial charge in [-0.15, -0.1) is 0 Å². The first-order valence-electron chi connectivity index (χ1n) is 12.0. The first-order valence-corrected chi connectivity index (χ1v) is 12.0. The summed E-state index contributed by atoms with van der Waals surface area (Å²) in [5, 5.41) is 3.92. The summed E-state index contributed by atoms with van der Waals surface area (Å²) in [6.07, 6.45) is 1.66. The lowest BCUT2D eigenvalue weighted by atomic mass is 9.84. The molecule has 3 heterocycles. The molecule has 0 N–H and O–H groups in total. The maximum absolute atomic E-state index is 14.3. The van der Waals surface area contributed by atoms with Crippen molar-refractivity contribution in [1.29, 1.82) is 0 Å². The molecule has 0 aliphatic carbocycles. The molecule has 0 bridgehead atoms. The number of nitrogens with zero attached hydrogens (tertiary/aromatic N) is 4. The second-order valence-electron chi connectivity index (χ2n) is 9.09. The van der Waals surface area contributed by atoms with E-state index in [1.165, 1.54) is 5.56 Å². The van der Waals surface area contributed by atoms with Crippen LogP contribution in [0.2, 0.25) is 0 Å². The van der Waals surface area contributed by atoms with Crippen molar-refractivity contribution in [2.75, 3.05) is 39.4 Å². The van der Waals surface area contributed by atoms with E-state index in [2.05, 4.69) is 41.3 Å². The summed E-state index contributed by atoms with van der Waals surface area (Å²) in [6, 6.07) is 11.6. The van der Waals surface area contributed by atoms with Crippen LogP contribution in [0.5, 0.6) is 0 Å². The molecule has 3 aromatic rings. The highest BCUT2D eigenvalue weighted by Gasteiger charge is 2.36. The topological polar surface area (TPSA) is 71.7 Å². The molecular weight excluding hydrogens is 454 g/mol. The van der Waals surface area contributed by atoms with Crippen molar-refractivity contribution in [3.8, 4) is 11.4 Å². The predicted molar refractivity (Wildman–Crippen MR) is 125 cm³/mol. The van der Waals surface area contributed by atoms with Crippen molar-refractivity contribution >= 4 is 6.03 Å². The number of ether oxygens (including phenoxy) is 1. The van der Waals surface area contributed by atoms with Crippen LogP contribution in [-0.4, -0.2) is 65.4 Å². The van der Waals surface area contributed by atoms with E-state index in [1.807, 2.05) is 9.80 Å². The molecule has 2 amide bonds. The molecule has 0 saturated carbocycles. The van der Waals surface area contributed by atoms with Crippen LogP contribution in [0.15, 0.2) is 47.0 Å². The third-order valence-electron chi connectivity index (χ3n) is 6.82. The second kappa shape index (κ2) is 10.1. The number of piperidine rings is 1. The zero-order valence-electron chi connectivity index (χ0n) is 19.6. The van der Waals surface area contributed by atoms with Crippen LogP contribution in [0.3, 0.4) is 0 Å². The summed E-state index contributed by atoms with van der Waals surface area (Å²) in [5.41, 5.74) is 2.34. The van der Waals surface area contributed by atoms with Crippen LogP contribution < -0.4 is 0 Å². The standard InChI is InChI=1S/C26H28F2N4O3/c1-2-17-3-5-18(6-4-17)19-13-20(16-32(15-19)26(33)31-9-11-34-12-10-31)25-29-24(30-35-25)22-14-21(27)7-8-23(22)28/h3-8,14,19-20H,2,9-13,15-16H2,1H3.